The first-order valence-electron chi connectivity index (χ1n) is 7.23. The van der Waals surface area contributed by atoms with Gasteiger partial charge in [0.2, 0.25) is 0 Å². The van der Waals surface area contributed by atoms with Crippen LogP contribution in [0.3, 0.4) is 0 Å². The summed E-state index contributed by atoms with van der Waals surface area (Å²) >= 11 is 0. The molecule has 2 aliphatic rings. The monoisotopic (exact) mass is 224 g/mol. The molecule has 16 heavy (non-hydrogen) atoms. The normalized spacial score (nSPS) is 37.5. The molecular weight excluding hydrogens is 196 g/mol. The second kappa shape index (κ2) is 6.02. The van der Waals surface area contributed by atoms with Crippen LogP contribution in [0.15, 0.2) is 0 Å². The van der Waals surface area contributed by atoms with Gasteiger partial charge < -0.3 is 10.6 Å². The van der Waals surface area contributed by atoms with Gasteiger partial charge in [0.15, 0.2) is 0 Å². The Bertz CT molecular complexity index is 191. The Morgan fingerprint density at radius 1 is 1.19 bits per heavy atom. The third kappa shape index (κ3) is 3.74. The van der Waals surface area contributed by atoms with Crippen LogP contribution in [0, 0.1) is 5.92 Å². The highest BCUT2D eigenvalue weighted by Gasteiger charge is 2.22. The molecule has 0 aromatic heterocycles. The van der Waals surface area contributed by atoms with E-state index in [0.717, 1.165) is 18.0 Å². The van der Waals surface area contributed by atoms with E-state index in [1.807, 2.05) is 0 Å². The molecule has 2 unspecified atom stereocenters. The number of rotatable bonds is 4. The molecule has 2 N–H and O–H groups in total. The molecule has 2 nitrogen and oxygen atoms in total. The van der Waals surface area contributed by atoms with E-state index in [1.54, 1.807) is 0 Å². The third-order valence-electron chi connectivity index (χ3n) is 4.34. The summed E-state index contributed by atoms with van der Waals surface area (Å²) < 4.78 is 0. The molecule has 0 aromatic rings. The van der Waals surface area contributed by atoms with Gasteiger partial charge in [-0.15, -0.1) is 0 Å². The van der Waals surface area contributed by atoms with E-state index >= 15 is 0 Å². The Labute approximate surface area is 101 Å². The van der Waals surface area contributed by atoms with Crippen LogP contribution < -0.4 is 10.6 Å². The summed E-state index contributed by atoms with van der Waals surface area (Å²) in [6.45, 7) is 5.98. The molecule has 2 heteroatoms. The molecule has 1 aliphatic heterocycles. The fourth-order valence-corrected chi connectivity index (χ4v) is 3.28. The zero-order valence-corrected chi connectivity index (χ0v) is 11.0. The summed E-state index contributed by atoms with van der Waals surface area (Å²) in [4.78, 5) is 0. The predicted molar refractivity (Wildman–Crippen MR) is 69.7 cm³/mol. The maximum atomic E-state index is 3.83. The molecule has 2 fully saturated rings. The summed E-state index contributed by atoms with van der Waals surface area (Å²) in [5, 5.41) is 7.42. The lowest BCUT2D eigenvalue weighted by Gasteiger charge is -2.30. The Kier molecular flexibility index (Phi) is 4.66. The molecular formula is C14H28N2. The number of hydrogen-bond acceptors (Lipinski definition) is 2. The number of hydrogen-bond donors (Lipinski definition) is 2. The van der Waals surface area contributed by atoms with Gasteiger partial charge in [-0.25, -0.2) is 0 Å². The second-order valence-electron chi connectivity index (χ2n) is 6.05. The summed E-state index contributed by atoms with van der Waals surface area (Å²) in [6.07, 6.45) is 9.70. The fraction of sp³-hybridized carbons (Fsp3) is 1.00. The van der Waals surface area contributed by atoms with Gasteiger partial charge in [0, 0.05) is 18.1 Å². The molecule has 0 spiro atoms. The molecule has 2 atom stereocenters. The van der Waals surface area contributed by atoms with E-state index in [4.69, 9.17) is 0 Å². The minimum atomic E-state index is 0.689. The zero-order valence-electron chi connectivity index (χ0n) is 11.0. The minimum Gasteiger partial charge on any atom is -0.314 e. The van der Waals surface area contributed by atoms with Crippen LogP contribution in [0.5, 0.6) is 0 Å². The van der Waals surface area contributed by atoms with Gasteiger partial charge in [0.05, 0.1) is 0 Å². The van der Waals surface area contributed by atoms with E-state index in [1.165, 1.54) is 51.5 Å². The topological polar surface area (TPSA) is 24.1 Å². The summed E-state index contributed by atoms with van der Waals surface area (Å²) in [6, 6.07) is 2.27. The average Bonchev–Trinajstić information content (AvgIpc) is 2.74. The molecule has 0 amide bonds. The molecule has 1 saturated carbocycles. The second-order valence-corrected chi connectivity index (χ2v) is 6.05. The molecule has 0 radical (unpaired) electrons. The van der Waals surface area contributed by atoms with E-state index in [9.17, 15) is 0 Å². The smallest absolute Gasteiger partial charge is 0.00822 e. The lowest BCUT2D eigenvalue weighted by atomic mass is 9.87. The lowest BCUT2D eigenvalue weighted by Crippen LogP contribution is -2.41. The van der Waals surface area contributed by atoms with Crippen LogP contribution in [-0.4, -0.2) is 24.7 Å². The summed E-state index contributed by atoms with van der Waals surface area (Å²) in [5.41, 5.74) is 0. The fourth-order valence-electron chi connectivity index (χ4n) is 3.28. The first kappa shape index (κ1) is 12.4. The number of nitrogens with one attached hydrogen (secondary N) is 2. The van der Waals surface area contributed by atoms with Gasteiger partial charge >= 0.3 is 0 Å². The Balaban J connectivity index is 1.64. The van der Waals surface area contributed by atoms with Crippen molar-refractivity contribution in [1.82, 2.24) is 10.6 Å². The van der Waals surface area contributed by atoms with Crippen LogP contribution in [0.25, 0.3) is 0 Å². The van der Waals surface area contributed by atoms with Crippen molar-refractivity contribution in [3.8, 4) is 0 Å². The lowest BCUT2D eigenvalue weighted by molar-refractivity contribution is 0.280. The molecule has 0 bridgehead atoms. The van der Waals surface area contributed by atoms with Crippen molar-refractivity contribution in [3.63, 3.8) is 0 Å². The van der Waals surface area contributed by atoms with Crippen molar-refractivity contribution in [2.24, 2.45) is 5.92 Å². The SMILES string of the molecule is CC1CCC(NC(C)CC2CCCN2)CC1. The van der Waals surface area contributed by atoms with Crippen LogP contribution in [0.4, 0.5) is 0 Å². The van der Waals surface area contributed by atoms with E-state index in [0.29, 0.717) is 6.04 Å². The van der Waals surface area contributed by atoms with Crippen molar-refractivity contribution in [1.29, 1.82) is 0 Å². The van der Waals surface area contributed by atoms with Gasteiger partial charge in [-0.1, -0.05) is 6.92 Å². The highest BCUT2D eigenvalue weighted by molar-refractivity contribution is 4.82. The van der Waals surface area contributed by atoms with Crippen LogP contribution >= 0.6 is 0 Å². The van der Waals surface area contributed by atoms with Crippen molar-refractivity contribution in [3.05, 3.63) is 0 Å². The van der Waals surface area contributed by atoms with Crippen molar-refractivity contribution >= 4 is 0 Å². The van der Waals surface area contributed by atoms with E-state index in [2.05, 4.69) is 24.5 Å². The Morgan fingerprint density at radius 3 is 2.56 bits per heavy atom. The van der Waals surface area contributed by atoms with Gasteiger partial charge in [-0.2, -0.15) is 0 Å². The maximum Gasteiger partial charge on any atom is 0.00822 e. The first-order chi connectivity index (χ1) is 7.74. The highest BCUT2D eigenvalue weighted by atomic mass is 15.0. The van der Waals surface area contributed by atoms with Gasteiger partial charge in [0.25, 0.3) is 0 Å². The molecule has 0 aromatic carbocycles. The third-order valence-corrected chi connectivity index (χ3v) is 4.34. The van der Waals surface area contributed by atoms with E-state index in [-0.39, 0.29) is 0 Å². The Morgan fingerprint density at radius 2 is 1.94 bits per heavy atom. The minimum absolute atomic E-state index is 0.689. The van der Waals surface area contributed by atoms with Crippen molar-refractivity contribution in [2.75, 3.05) is 6.54 Å². The molecule has 1 heterocycles. The van der Waals surface area contributed by atoms with Gasteiger partial charge in [-0.3, -0.25) is 0 Å². The van der Waals surface area contributed by atoms with Crippen LogP contribution in [-0.2, 0) is 0 Å². The van der Waals surface area contributed by atoms with Crippen LogP contribution in [0.1, 0.15) is 58.8 Å². The first-order valence-corrected chi connectivity index (χ1v) is 7.23. The molecule has 2 rings (SSSR count). The van der Waals surface area contributed by atoms with Gasteiger partial charge in [-0.05, 0) is 64.3 Å². The maximum absolute atomic E-state index is 3.83. The zero-order chi connectivity index (χ0) is 11.4. The van der Waals surface area contributed by atoms with Crippen molar-refractivity contribution in [2.45, 2.75) is 76.9 Å². The van der Waals surface area contributed by atoms with Crippen molar-refractivity contribution < 1.29 is 0 Å². The Hall–Kier alpha value is -0.0800. The molecule has 94 valence electrons. The largest absolute Gasteiger partial charge is 0.314 e. The highest BCUT2D eigenvalue weighted by Crippen LogP contribution is 2.24. The quantitative estimate of drug-likeness (QED) is 0.767. The molecule has 1 saturated heterocycles. The molecule has 1 aliphatic carbocycles. The predicted octanol–water partition coefficient (Wildman–Crippen LogP) is 2.69. The van der Waals surface area contributed by atoms with Gasteiger partial charge in [0.1, 0.15) is 0 Å². The van der Waals surface area contributed by atoms with Crippen LogP contribution in [0.2, 0.25) is 0 Å². The average molecular weight is 224 g/mol. The summed E-state index contributed by atoms with van der Waals surface area (Å²) in [5.74, 6) is 0.963. The summed E-state index contributed by atoms with van der Waals surface area (Å²) in [7, 11) is 0. The van der Waals surface area contributed by atoms with E-state index < -0.39 is 0 Å². The standard InChI is InChI=1S/C14H28N2/c1-11-5-7-13(8-6-11)16-12(2)10-14-4-3-9-15-14/h11-16H,3-10H2,1-2H3.